The van der Waals surface area contributed by atoms with Gasteiger partial charge in [0.25, 0.3) is 17.1 Å². The third-order valence-corrected chi connectivity index (χ3v) is 19.3. The number of nitrogens with zero attached hydrogens (tertiary/aromatic N) is 4. The lowest BCUT2D eigenvalue weighted by atomic mass is 9.47. The molecule has 0 radical (unpaired) electrons. The number of hydrogen-bond acceptors (Lipinski definition) is 12. The molecule has 4 aliphatic carbocycles. The second-order valence-electron chi connectivity index (χ2n) is 22.4. The van der Waals surface area contributed by atoms with Crippen molar-refractivity contribution in [3.8, 4) is 0 Å². The minimum atomic E-state index is -4.32. The van der Waals surface area contributed by atoms with Crippen molar-refractivity contribution in [3.05, 3.63) is 84.5 Å². The molecule has 6 rings (SSSR count). The first kappa shape index (κ1) is 57.8. The number of nitrogens with one attached hydrogen (secondary N) is 4. The van der Waals surface area contributed by atoms with Crippen LogP contribution in [0, 0.1) is 76.7 Å². The smallest absolute Gasteiger partial charge is 0.299 e. The predicted octanol–water partition coefficient (Wildman–Crippen LogP) is 10.0. The Morgan fingerprint density at radius 3 is 2.07 bits per heavy atom. The number of carbonyl (C=O) groups is 3. The van der Waals surface area contributed by atoms with Gasteiger partial charge in [-0.15, -0.1) is 0 Å². The van der Waals surface area contributed by atoms with Gasteiger partial charge in [0.15, 0.2) is 4.90 Å². The Hall–Kier alpha value is -5.50. The van der Waals surface area contributed by atoms with Crippen LogP contribution in [0.15, 0.2) is 59.0 Å². The first-order valence-corrected chi connectivity index (χ1v) is 28.5. The van der Waals surface area contributed by atoms with Crippen LogP contribution in [-0.4, -0.2) is 84.0 Å². The maximum Gasteiger partial charge on any atom is 0.299 e. The SMILES string of the molecule is CC(C)CCC[C@@H](C)[C@H]1CCC2C3CC=C4C[C@@H](N(CCCNC(=O)CCNC(=O)CCNC(=O)CCCCCNc5ccc([N+](=O)[O-])cc5[N+](=O)[O-])S(=O)(=O)c5ccccc5[N+](=O)[O-])CC[C@]4(C)C3CC[C@@]21C. The summed E-state index contributed by atoms with van der Waals surface area (Å²) in [5.41, 5.74) is 0.563. The van der Waals surface area contributed by atoms with E-state index in [0.717, 1.165) is 36.7 Å². The molecule has 2 aromatic carbocycles. The fourth-order valence-electron chi connectivity index (χ4n) is 13.5. The van der Waals surface area contributed by atoms with Crippen LogP contribution in [0.3, 0.4) is 0 Å². The van der Waals surface area contributed by atoms with E-state index >= 15 is 0 Å². The van der Waals surface area contributed by atoms with Crippen LogP contribution in [0.1, 0.15) is 150 Å². The van der Waals surface area contributed by atoms with Crippen LogP contribution >= 0.6 is 0 Å². The number of benzene rings is 2. The molecule has 0 bridgehead atoms. The lowest BCUT2D eigenvalue weighted by molar-refractivity contribution is -0.393. The minimum absolute atomic E-state index is 0.00608. The molecule has 0 aromatic heterocycles. The number of para-hydroxylation sites is 1. The molecular weight excluding hydrogens is 969 g/mol. The van der Waals surface area contributed by atoms with E-state index in [1.165, 1.54) is 91.2 Å². The number of nitro groups is 3. The molecule has 0 heterocycles. The van der Waals surface area contributed by atoms with Crippen LogP contribution in [0.4, 0.5) is 22.7 Å². The zero-order valence-electron chi connectivity index (χ0n) is 44.1. The maximum absolute atomic E-state index is 14.6. The second-order valence-corrected chi connectivity index (χ2v) is 24.2. The highest BCUT2D eigenvalue weighted by molar-refractivity contribution is 7.89. The van der Waals surface area contributed by atoms with E-state index < -0.39 is 42.2 Å². The van der Waals surface area contributed by atoms with E-state index in [2.05, 4.69) is 62.0 Å². The van der Waals surface area contributed by atoms with Crippen molar-refractivity contribution in [2.24, 2.45) is 46.3 Å². The standard InChI is InChI=1S/C54H80N8O11S/c1-37(2)13-11-14-38(3)43-21-22-44-42-20-18-39-35-40(24-28-53(39,4)45(42)25-29-54(43,44)5)59(74(72,73)49-16-9-8-15-47(49)61(68)69)34-12-31-56-51(64)26-33-58-52(65)27-32-57-50(63)17-7-6-10-30-55-46-23-19-41(60(66)67)36-48(46)62(70)71/h8-9,15-16,18-19,23,36-38,40,42-45,55H,6-7,10-14,17,20-22,24-35H2,1-5H3,(H,56,64)(H,57,63)(H,58,65)/t38-,40+,42?,43-,44?,45?,53+,54-/m1/s1. The van der Waals surface area contributed by atoms with Crippen molar-refractivity contribution < 1.29 is 37.6 Å². The monoisotopic (exact) mass is 1050 g/mol. The highest BCUT2D eigenvalue weighted by Crippen LogP contribution is 2.67. The molecule has 4 aliphatic rings. The van der Waals surface area contributed by atoms with Gasteiger partial charge in [-0.1, -0.05) is 84.1 Å². The molecule has 0 spiro atoms. The van der Waals surface area contributed by atoms with Gasteiger partial charge in [0, 0.05) is 70.2 Å². The molecule has 19 nitrogen and oxygen atoms in total. The van der Waals surface area contributed by atoms with Crippen molar-refractivity contribution >= 4 is 50.5 Å². The van der Waals surface area contributed by atoms with Gasteiger partial charge in [-0.3, -0.25) is 44.7 Å². The Kier molecular flexibility index (Phi) is 20.2. The zero-order chi connectivity index (χ0) is 53.8. The Morgan fingerprint density at radius 2 is 1.39 bits per heavy atom. The molecule has 20 heteroatoms. The van der Waals surface area contributed by atoms with Gasteiger partial charge < -0.3 is 21.3 Å². The molecule has 74 heavy (non-hydrogen) atoms. The summed E-state index contributed by atoms with van der Waals surface area (Å²) >= 11 is 0. The summed E-state index contributed by atoms with van der Waals surface area (Å²) in [6.07, 6.45) is 16.6. The van der Waals surface area contributed by atoms with Gasteiger partial charge in [-0.25, -0.2) is 8.42 Å². The maximum atomic E-state index is 14.6. The zero-order valence-corrected chi connectivity index (χ0v) is 44.9. The summed E-state index contributed by atoms with van der Waals surface area (Å²) in [6.45, 7) is 12.9. The van der Waals surface area contributed by atoms with Gasteiger partial charge in [0.05, 0.1) is 20.8 Å². The first-order valence-electron chi connectivity index (χ1n) is 27.1. The van der Waals surface area contributed by atoms with E-state index in [-0.39, 0.29) is 91.3 Å². The van der Waals surface area contributed by atoms with Crippen LogP contribution in [0.2, 0.25) is 0 Å². The van der Waals surface area contributed by atoms with Crippen LogP contribution in [-0.2, 0) is 24.4 Å². The van der Waals surface area contributed by atoms with Gasteiger partial charge in [-0.2, -0.15) is 4.31 Å². The van der Waals surface area contributed by atoms with E-state index in [1.807, 2.05) is 0 Å². The molecule has 3 saturated carbocycles. The number of hydrogen-bond donors (Lipinski definition) is 4. The number of non-ortho nitro benzene ring substituents is 1. The van der Waals surface area contributed by atoms with E-state index in [0.29, 0.717) is 61.8 Å². The Balaban J connectivity index is 0.941. The summed E-state index contributed by atoms with van der Waals surface area (Å²) in [5.74, 6) is 3.14. The van der Waals surface area contributed by atoms with Crippen LogP contribution in [0.5, 0.6) is 0 Å². The third-order valence-electron chi connectivity index (χ3n) is 17.3. The lowest BCUT2D eigenvalue weighted by Gasteiger charge is -2.59. The van der Waals surface area contributed by atoms with Crippen LogP contribution < -0.4 is 21.3 Å². The number of sulfonamides is 1. The van der Waals surface area contributed by atoms with Crippen molar-refractivity contribution in [3.63, 3.8) is 0 Å². The Morgan fingerprint density at radius 1 is 0.716 bits per heavy atom. The summed E-state index contributed by atoms with van der Waals surface area (Å²) in [7, 11) is -4.32. The summed E-state index contributed by atoms with van der Waals surface area (Å²) in [5, 5.41) is 45.5. The molecule has 3 unspecified atom stereocenters. The number of fused-ring (bicyclic) bond motifs is 5. The molecule has 4 N–H and O–H groups in total. The van der Waals surface area contributed by atoms with Gasteiger partial charge >= 0.3 is 0 Å². The number of rotatable bonds is 28. The molecule has 408 valence electrons. The normalized spacial score (nSPS) is 24.7. The van der Waals surface area contributed by atoms with E-state index in [4.69, 9.17) is 0 Å². The average Bonchev–Trinajstić information content (AvgIpc) is 3.72. The van der Waals surface area contributed by atoms with Crippen LogP contribution in [0.25, 0.3) is 0 Å². The molecule has 3 amide bonds. The molecule has 0 saturated heterocycles. The number of nitro benzene ring substituents is 3. The fraction of sp³-hybridized carbons (Fsp3) is 0.685. The largest absolute Gasteiger partial charge is 0.379 e. The molecule has 2 aromatic rings. The van der Waals surface area contributed by atoms with Crippen molar-refractivity contribution in [1.29, 1.82) is 0 Å². The van der Waals surface area contributed by atoms with E-state index in [1.54, 1.807) is 0 Å². The average molecular weight is 1050 g/mol. The number of amides is 3. The molecular formula is C54H80N8O11S. The second kappa shape index (κ2) is 25.8. The number of anilines is 1. The number of allylic oxidation sites excluding steroid dienone is 1. The van der Waals surface area contributed by atoms with E-state index in [9.17, 15) is 53.1 Å². The summed E-state index contributed by atoms with van der Waals surface area (Å²) < 4.78 is 30.7. The first-order chi connectivity index (χ1) is 35.2. The summed E-state index contributed by atoms with van der Waals surface area (Å²) in [6, 6.07) is 8.48. The van der Waals surface area contributed by atoms with Gasteiger partial charge in [0.2, 0.25) is 27.7 Å². The van der Waals surface area contributed by atoms with Crippen molar-refractivity contribution in [2.75, 3.05) is 38.0 Å². The Bertz CT molecular complexity index is 2490. The molecule has 0 aliphatic heterocycles. The van der Waals surface area contributed by atoms with Gasteiger partial charge in [-0.05, 0) is 129 Å². The fourth-order valence-corrected chi connectivity index (χ4v) is 15.3. The summed E-state index contributed by atoms with van der Waals surface area (Å²) in [4.78, 5) is 69.7. The Labute approximate surface area is 436 Å². The highest BCUT2D eigenvalue weighted by atomic mass is 32.2. The van der Waals surface area contributed by atoms with Crippen molar-refractivity contribution in [2.45, 2.75) is 161 Å². The highest BCUT2D eigenvalue weighted by Gasteiger charge is 2.59. The predicted molar refractivity (Wildman–Crippen MR) is 283 cm³/mol. The number of carbonyl (C=O) groups excluding carboxylic acids is 3. The van der Waals surface area contributed by atoms with Crippen molar-refractivity contribution in [1.82, 2.24) is 20.3 Å². The minimum Gasteiger partial charge on any atom is -0.379 e. The quantitative estimate of drug-likeness (QED) is 0.0268. The number of unbranched alkanes of at least 4 members (excludes halogenated alkanes) is 2. The topological polar surface area (TPSA) is 266 Å². The van der Waals surface area contributed by atoms with Gasteiger partial charge in [0.1, 0.15) is 5.69 Å². The lowest BCUT2D eigenvalue weighted by Crippen LogP contribution is -2.53. The molecule has 3 fully saturated rings. The molecule has 8 atom stereocenters. The third kappa shape index (κ3) is 14.0.